The number of aromatic nitrogens is 1. The lowest BCUT2D eigenvalue weighted by atomic mass is 9.95. The van der Waals surface area contributed by atoms with E-state index in [4.69, 9.17) is 4.74 Å². The fourth-order valence-corrected chi connectivity index (χ4v) is 6.01. The summed E-state index contributed by atoms with van der Waals surface area (Å²) in [5.74, 6) is 0.390. The number of nitrogens with zero attached hydrogens (tertiary/aromatic N) is 1. The second kappa shape index (κ2) is 11.6. The second-order valence-corrected chi connectivity index (χ2v) is 10.5. The molecule has 1 atom stereocenters. The van der Waals surface area contributed by atoms with E-state index in [1.54, 1.807) is 4.90 Å². The van der Waals surface area contributed by atoms with Gasteiger partial charge in [-0.25, -0.2) is 0 Å². The zero-order chi connectivity index (χ0) is 25.6. The van der Waals surface area contributed by atoms with E-state index in [1.165, 1.54) is 17.8 Å². The van der Waals surface area contributed by atoms with Crippen molar-refractivity contribution in [1.29, 1.82) is 0 Å². The third-order valence-corrected chi connectivity index (χ3v) is 7.89. The number of para-hydroxylation sites is 1. The maximum absolute atomic E-state index is 14.2. The van der Waals surface area contributed by atoms with Crippen LogP contribution in [0.4, 0.5) is 5.69 Å². The van der Waals surface area contributed by atoms with Gasteiger partial charge in [0.15, 0.2) is 0 Å². The van der Waals surface area contributed by atoms with Crippen LogP contribution in [0.5, 0.6) is 5.75 Å². The Morgan fingerprint density at radius 1 is 1.08 bits per heavy atom. The molecule has 0 spiro atoms. The lowest BCUT2D eigenvalue weighted by Gasteiger charge is -2.33. The van der Waals surface area contributed by atoms with Gasteiger partial charge in [-0.1, -0.05) is 49.6 Å². The summed E-state index contributed by atoms with van der Waals surface area (Å²) in [7, 11) is 0. The lowest BCUT2D eigenvalue weighted by Crippen LogP contribution is -2.47. The maximum atomic E-state index is 14.2. The molecule has 4 aromatic rings. The lowest BCUT2D eigenvalue weighted by molar-refractivity contribution is -0.127. The van der Waals surface area contributed by atoms with Gasteiger partial charge in [0.05, 0.1) is 13.0 Å². The van der Waals surface area contributed by atoms with Crippen LogP contribution in [0.1, 0.15) is 55.5 Å². The van der Waals surface area contributed by atoms with Crippen molar-refractivity contribution in [2.45, 2.75) is 57.5 Å². The van der Waals surface area contributed by atoms with Crippen molar-refractivity contribution in [3.8, 4) is 5.75 Å². The molecule has 0 aliphatic heterocycles. The summed E-state index contributed by atoms with van der Waals surface area (Å²) in [5.41, 5.74) is 2.54. The number of ether oxygens (including phenoxy) is 1. The summed E-state index contributed by atoms with van der Waals surface area (Å²) in [6.07, 6.45) is 7.46. The number of carbonyl (C=O) groups is 2. The van der Waals surface area contributed by atoms with Crippen LogP contribution in [0, 0.1) is 0 Å². The summed E-state index contributed by atoms with van der Waals surface area (Å²) >= 11 is 1.49. The number of aromatic amines is 1. The molecule has 6 nitrogen and oxygen atoms in total. The second-order valence-electron chi connectivity index (χ2n) is 9.49. The third kappa shape index (κ3) is 5.72. The van der Waals surface area contributed by atoms with Crippen LogP contribution in [-0.4, -0.2) is 29.4 Å². The molecule has 1 aliphatic carbocycles. The molecule has 2 amide bonds. The van der Waals surface area contributed by atoms with E-state index < -0.39 is 6.04 Å². The van der Waals surface area contributed by atoms with Crippen molar-refractivity contribution in [3.05, 3.63) is 82.7 Å². The zero-order valence-corrected chi connectivity index (χ0v) is 21.9. The number of amides is 2. The van der Waals surface area contributed by atoms with Crippen molar-refractivity contribution in [2.75, 3.05) is 11.5 Å². The van der Waals surface area contributed by atoms with Gasteiger partial charge >= 0.3 is 0 Å². The average Bonchev–Trinajstić information content (AvgIpc) is 3.59. The standard InChI is InChI=1S/C30H33N3O3S/c1-2-36-24-13-8-12-23(19-24)33(28(34)18-21-20-31-26-15-7-6-14-25(21)26)29(27-16-9-17-37-27)30(35)32-22-10-4-3-5-11-22/h6-9,12-17,19-20,22,29,31H,2-5,10-11,18H2,1H3,(H,32,35)/t29-/m1/s1. The van der Waals surface area contributed by atoms with Crippen LogP contribution in [0.25, 0.3) is 10.9 Å². The number of nitrogens with one attached hydrogen (secondary N) is 2. The Morgan fingerprint density at radius 2 is 1.92 bits per heavy atom. The van der Waals surface area contributed by atoms with Crippen LogP contribution in [0.2, 0.25) is 0 Å². The first-order valence-electron chi connectivity index (χ1n) is 13.1. The Morgan fingerprint density at radius 3 is 2.70 bits per heavy atom. The molecule has 0 unspecified atom stereocenters. The Hall–Kier alpha value is -3.58. The zero-order valence-electron chi connectivity index (χ0n) is 21.1. The monoisotopic (exact) mass is 515 g/mol. The molecular formula is C30H33N3O3S. The molecule has 2 heterocycles. The van der Waals surface area contributed by atoms with Gasteiger partial charge in [0.25, 0.3) is 0 Å². The molecule has 7 heteroatoms. The highest BCUT2D eigenvalue weighted by molar-refractivity contribution is 7.10. The van der Waals surface area contributed by atoms with Crippen LogP contribution in [-0.2, 0) is 16.0 Å². The van der Waals surface area contributed by atoms with Gasteiger partial charge in [-0.15, -0.1) is 11.3 Å². The van der Waals surface area contributed by atoms with E-state index in [-0.39, 0.29) is 24.3 Å². The number of hydrogen-bond donors (Lipinski definition) is 2. The molecule has 2 aromatic heterocycles. The molecule has 192 valence electrons. The topological polar surface area (TPSA) is 74.4 Å². The van der Waals surface area contributed by atoms with E-state index in [2.05, 4.69) is 10.3 Å². The molecule has 1 saturated carbocycles. The number of anilines is 1. The van der Waals surface area contributed by atoms with Crippen LogP contribution < -0.4 is 15.0 Å². The van der Waals surface area contributed by atoms with E-state index in [9.17, 15) is 9.59 Å². The Kier molecular flexibility index (Phi) is 7.90. The largest absolute Gasteiger partial charge is 0.494 e. The van der Waals surface area contributed by atoms with Gasteiger partial charge in [-0.05, 0) is 55.0 Å². The molecule has 0 saturated heterocycles. The molecule has 37 heavy (non-hydrogen) atoms. The van der Waals surface area contributed by atoms with Gasteiger partial charge in [-0.3, -0.25) is 14.5 Å². The molecule has 2 N–H and O–H groups in total. The van der Waals surface area contributed by atoms with Crippen molar-refractivity contribution in [1.82, 2.24) is 10.3 Å². The Balaban J connectivity index is 1.54. The summed E-state index contributed by atoms with van der Waals surface area (Å²) in [5, 5.41) is 6.24. The molecule has 5 rings (SSSR count). The number of hydrogen-bond acceptors (Lipinski definition) is 4. The van der Waals surface area contributed by atoms with Crippen LogP contribution in [0.3, 0.4) is 0 Å². The highest BCUT2D eigenvalue weighted by Gasteiger charge is 2.35. The fourth-order valence-electron chi connectivity index (χ4n) is 5.20. The molecule has 0 bridgehead atoms. The summed E-state index contributed by atoms with van der Waals surface area (Å²) in [4.78, 5) is 33.8. The van der Waals surface area contributed by atoms with Gasteiger partial charge in [-0.2, -0.15) is 0 Å². The molecule has 1 fully saturated rings. The van der Waals surface area contributed by atoms with Crippen molar-refractivity contribution in [3.63, 3.8) is 0 Å². The first-order valence-corrected chi connectivity index (χ1v) is 14.0. The minimum Gasteiger partial charge on any atom is -0.494 e. The number of benzene rings is 2. The van der Waals surface area contributed by atoms with E-state index in [0.717, 1.165) is 47.0 Å². The van der Waals surface area contributed by atoms with Gasteiger partial charge in [0.2, 0.25) is 11.8 Å². The number of fused-ring (bicyclic) bond motifs is 1. The van der Waals surface area contributed by atoms with Gasteiger partial charge < -0.3 is 15.0 Å². The average molecular weight is 516 g/mol. The minimum atomic E-state index is -0.767. The number of H-pyrrole nitrogens is 1. The predicted octanol–water partition coefficient (Wildman–Crippen LogP) is 6.39. The molecular weight excluding hydrogens is 482 g/mol. The van der Waals surface area contributed by atoms with Gasteiger partial charge in [0.1, 0.15) is 11.8 Å². The summed E-state index contributed by atoms with van der Waals surface area (Å²) < 4.78 is 5.75. The fraction of sp³-hybridized carbons (Fsp3) is 0.333. The summed E-state index contributed by atoms with van der Waals surface area (Å²) in [6, 6.07) is 18.7. The van der Waals surface area contributed by atoms with Gasteiger partial charge in [0, 0.05) is 39.8 Å². The molecule has 1 aliphatic rings. The quantitative estimate of drug-likeness (QED) is 0.271. The SMILES string of the molecule is CCOc1cccc(N(C(=O)Cc2c[nH]c3ccccc23)[C@@H](C(=O)NC2CCCCC2)c2cccs2)c1. The number of rotatable bonds is 9. The smallest absolute Gasteiger partial charge is 0.248 e. The van der Waals surface area contributed by atoms with E-state index in [0.29, 0.717) is 18.0 Å². The number of thiophene rings is 1. The summed E-state index contributed by atoms with van der Waals surface area (Å²) in [6.45, 7) is 2.45. The first-order chi connectivity index (χ1) is 18.1. The van der Waals surface area contributed by atoms with E-state index >= 15 is 0 Å². The Bertz CT molecular complexity index is 1340. The number of carbonyl (C=O) groups excluding carboxylic acids is 2. The van der Waals surface area contributed by atoms with Crippen LogP contribution >= 0.6 is 11.3 Å². The van der Waals surface area contributed by atoms with Crippen molar-refractivity contribution in [2.24, 2.45) is 0 Å². The maximum Gasteiger partial charge on any atom is 0.248 e. The molecule has 0 radical (unpaired) electrons. The third-order valence-electron chi connectivity index (χ3n) is 6.96. The first kappa shape index (κ1) is 25.1. The highest BCUT2D eigenvalue weighted by Crippen LogP contribution is 2.34. The Labute approximate surface area is 221 Å². The van der Waals surface area contributed by atoms with Crippen LogP contribution in [0.15, 0.2) is 72.2 Å². The van der Waals surface area contributed by atoms with E-state index in [1.807, 2.05) is 79.2 Å². The molecule has 2 aromatic carbocycles. The minimum absolute atomic E-state index is 0.136. The van der Waals surface area contributed by atoms with Crippen molar-refractivity contribution < 1.29 is 14.3 Å². The predicted molar refractivity (Wildman–Crippen MR) is 149 cm³/mol. The highest BCUT2D eigenvalue weighted by atomic mass is 32.1. The van der Waals surface area contributed by atoms with Crippen molar-refractivity contribution >= 4 is 39.7 Å². The normalized spacial score (nSPS) is 14.8.